The molecular weight excluding hydrogens is 309 g/mol. The van der Waals surface area contributed by atoms with E-state index in [1.54, 1.807) is 6.08 Å². The second-order valence-corrected chi connectivity index (χ2v) is 7.58. The summed E-state index contributed by atoms with van der Waals surface area (Å²) in [6.45, 7) is 6.43. The lowest BCUT2D eigenvalue weighted by Crippen LogP contribution is -2.30. The molecule has 2 aromatic rings. The maximum Gasteiger partial charge on any atom is 0.123 e. The molecule has 1 nitrogen and oxygen atoms in total. The van der Waals surface area contributed by atoms with Crippen LogP contribution in [0.15, 0.2) is 60.1 Å². The first-order chi connectivity index (χ1) is 12.1. The van der Waals surface area contributed by atoms with Crippen molar-refractivity contribution >= 4 is 16.3 Å². The molecule has 0 N–H and O–H groups in total. The van der Waals surface area contributed by atoms with Gasteiger partial charge in [-0.2, -0.15) is 0 Å². The Hall–Kier alpha value is -2.22. The molecule has 2 aliphatic carbocycles. The Morgan fingerprint density at radius 1 is 1.24 bits per heavy atom. The van der Waals surface area contributed by atoms with Crippen molar-refractivity contribution in [3.8, 4) is 0 Å². The number of aromatic nitrogens is 1. The zero-order valence-corrected chi connectivity index (χ0v) is 15.1. The van der Waals surface area contributed by atoms with Gasteiger partial charge in [0.1, 0.15) is 5.83 Å². The topological polar surface area (TPSA) is 12.9 Å². The first kappa shape index (κ1) is 16.3. The third kappa shape index (κ3) is 2.38. The van der Waals surface area contributed by atoms with E-state index in [0.29, 0.717) is 5.92 Å². The average Bonchev–Trinajstić information content (AvgIpc) is 2.61. The highest BCUT2D eigenvalue weighted by atomic mass is 19.1. The van der Waals surface area contributed by atoms with Crippen molar-refractivity contribution in [2.45, 2.75) is 45.4 Å². The molecule has 2 aliphatic rings. The van der Waals surface area contributed by atoms with Gasteiger partial charge in [-0.15, -0.1) is 0 Å². The van der Waals surface area contributed by atoms with E-state index in [1.807, 2.05) is 6.20 Å². The van der Waals surface area contributed by atoms with Crippen molar-refractivity contribution in [3.05, 3.63) is 71.3 Å². The summed E-state index contributed by atoms with van der Waals surface area (Å²) in [7, 11) is 0. The van der Waals surface area contributed by atoms with E-state index in [1.165, 1.54) is 16.3 Å². The van der Waals surface area contributed by atoms with Gasteiger partial charge in [0.25, 0.3) is 0 Å². The number of rotatable bonds is 3. The van der Waals surface area contributed by atoms with E-state index in [0.717, 1.165) is 36.1 Å². The largest absolute Gasteiger partial charge is 0.256 e. The molecule has 0 amide bonds. The molecule has 0 saturated heterocycles. The summed E-state index contributed by atoms with van der Waals surface area (Å²) in [5.74, 6) is 0.229. The quantitative estimate of drug-likeness (QED) is 0.583. The van der Waals surface area contributed by atoms with Gasteiger partial charge >= 0.3 is 0 Å². The molecule has 0 spiro atoms. The number of hydrogen-bond acceptors (Lipinski definition) is 1. The van der Waals surface area contributed by atoms with E-state index in [2.05, 4.69) is 57.2 Å². The first-order valence-electron chi connectivity index (χ1n) is 9.20. The number of pyridine rings is 1. The normalized spacial score (nSPS) is 21.6. The molecule has 128 valence electrons. The molecule has 1 atom stereocenters. The number of fused-ring (bicyclic) bond motifs is 1. The monoisotopic (exact) mass is 333 g/mol. The summed E-state index contributed by atoms with van der Waals surface area (Å²) in [5, 5.41) is 2.40. The molecule has 0 aliphatic heterocycles. The third-order valence-electron chi connectivity index (χ3n) is 5.67. The van der Waals surface area contributed by atoms with E-state index in [4.69, 9.17) is 4.98 Å². The van der Waals surface area contributed by atoms with Gasteiger partial charge in [0.2, 0.25) is 0 Å². The number of halogens is 1. The number of nitrogens with zero attached hydrogens (tertiary/aromatic N) is 1. The predicted molar refractivity (Wildman–Crippen MR) is 103 cm³/mol. The van der Waals surface area contributed by atoms with E-state index in [-0.39, 0.29) is 11.2 Å². The zero-order chi connectivity index (χ0) is 17.6. The minimum Gasteiger partial charge on any atom is -0.256 e. The van der Waals surface area contributed by atoms with Crippen LogP contribution in [0.5, 0.6) is 0 Å². The van der Waals surface area contributed by atoms with E-state index < -0.39 is 0 Å². The van der Waals surface area contributed by atoms with Crippen LogP contribution in [0.2, 0.25) is 0 Å². The highest BCUT2D eigenvalue weighted by Gasteiger charge is 2.41. The SMILES string of the molecule is CCC=CCC1CC=C(F)C2=C1c1nccc3cccc(c13)C2(C)C. The molecule has 2 heteroatoms. The van der Waals surface area contributed by atoms with Crippen LogP contribution in [-0.2, 0) is 5.41 Å². The van der Waals surface area contributed by atoms with Gasteiger partial charge in [0.05, 0.1) is 5.69 Å². The highest BCUT2D eigenvalue weighted by Crippen LogP contribution is 2.53. The molecule has 0 fully saturated rings. The van der Waals surface area contributed by atoms with Gasteiger partial charge in [-0.05, 0) is 53.8 Å². The third-order valence-corrected chi connectivity index (χ3v) is 5.67. The molecule has 0 saturated carbocycles. The fraction of sp³-hybridized carbons (Fsp3) is 0.348. The minimum absolute atomic E-state index is 0.0657. The summed E-state index contributed by atoms with van der Waals surface area (Å²) in [6.07, 6.45) is 10.8. The molecule has 1 aromatic heterocycles. The Morgan fingerprint density at radius 2 is 2.08 bits per heavy atom. The Labute approximate surface area is 149 Å². The van der Waals surface area contributed by atoms with Crippen LogP contribution in [-0.4, -0.2) is 4.98 Å². The molecule has 4 rings (SSSR count). The van der Waals surface area contributed by atoms with Crippen molar-refractivity contribution in [1.29, 1.82) is 0 Å². The molecule has 1 unspecified atom stereocenters. The maximum atomic E-state index is 15.0. The predicted octanol–water partition coefficient (Wildman–Crippen LogP) is 6.51. The zero-order valence-electron chi connectivity index (χ0n) is 15.1. The summed E-state index contributed by atoms with van der Waals surface area (Å²) in [5.41, 5.74) is 3.78. The molecule has 1 aromatic carbocycles. The fourth-order valence-electron chi connectivity index (χ4n) is 4.48. The van der Waals surface area contributed by atoms with Crippen LogP contribution in [0.1, 0.15) is 51.3 Å². The van der Waals surface area contributed by atoms with Crippen LogP contribution in [0.3, 0.4) is 0 Å². The number of hydrogen-bond donors (Lipinski definition) is 0. The second kappa shape index (κ2) is 5.94. The van der Waals surface area contributed by atoms with Crippen LogP contribution < -0.4 is 0 Å². The first-order valence-corrected chi connectivity index (χ1v) is 9.20. The van der Waals surface area contributed by atoms with E-state index in [9.17, 15) is 0 Å². The lowest BCUT2D eigenvalue weighted by Gasteiger charge is -2.40. The van der Waals surface area contributed by atoms with Crippen molar-refractivity contribution in [3.63, 3.8) is 0 Å². The summed E-state index contributed by atoms with van der Waals surface area (Å²) >= 11 is 0. The second-order valence-electron chi connectivity index (χ2n) is 7.58. The summed E-state index contributed by atoms with van der Waals surface area (Å²) < 4.78 is 15.0. The van der Waals surface area contributed by atoms with Crippen LogP contribution in [0.4, 0.5) is 4.39 Å². The minimum atomic E-state index is -0.349. The smallest absolute Gasteiger partial charge is 0.123 e. The van der Waals surface area contributed by atoms with Crippen LogP contribution in [0.25, 0.3) is 16.3 Å². The van der Waals surface area contributed by atoms with Gasteiger partial charge in [-0.1, -0.05) is 51.1 Å². The lowest BCUT2D eigenvalue weighted by atomic mass is 9.64. The molecular formula is C23H24FN. The van der Waals surface area contributed by atoms with E-state index >= 15 is 4.39 Å². The standard InChI is InChI=1S/C23H24FN/c1-4-5-6-8-15-11-12-18(24)21-20(15)22-19-16(13-14-25-22)9-7-10-17(19)23(21,2)3/h5-7,9-10,12-15H,4,8,11H2,1-3H3. The van der Waals surface area contributed by atoms with Gasteiger partial charge in [-0.25, -0.2) is 4.39 Å². The van der Waals surface area contributed by atoms with Gasteiger partial charge in [-0.3, -0.25) is 4.98 Å². The lowest BCUT2D eigenvalue weighted by molar-refractivity contribution is 0.524. The van der Waals surface area contributed by atoms with Crippen molar-refractivity contribution in [1.82, 2.24) is 4.98 Å². The fourth-order valence-corrected chi connectivity index (χ4v) is 4.48. The van der Waals surface area contributed by atoms with Crippen molar-refractivity contribution < 1.29 is 4.39 Å². The van der Waals surface area contributed by atoms with Gasteiger partial charge < -0.3 is 0 Å². The Bertz CT molecular complexity index is 925. The maximum absolute atomic E-state index is 15.0. The molecule has 0 bridgehead atoms. The Kier molecular flexibility index (Phi) is 3.87. The summed E-state index contributed by atoms with van der Waals surface area (Å²) in [6, 6.07) is 8.39. The molecule has 1 heterocycles. The average molecular weight is 333 g/mol. The highest BCUT2D eigenvalue weighted by molar-refractivity contribution is 6.00. The Morgan fingerprint density at radius 3 is 2.88 bits per heavy atom. The molecule has 25 heavy (non-hydrogen) atoms. The molecule has 0 radical (unpaired) electrons. The number of benzene rings is 1. The Balaban J connectivity index is 2.00. The van der Waals surface area contributed by atoms with Crippen molar-refractivity contribution in [2.24, 2.45) is 5.92 Å². The van der Waals surface area contributed by atoms with Gasteiger partial charge in [0.15, 0.2) is 0 Å². The number of allylic oxidation sites excluding steroid dienone is 6. The van der Waals surface area contributed by atoms with Gasteiger partial charge in [0, 0.05) is 22.6 Å². The summed E-state index contributed by atoms with van der Waals surface area (Å²) in [4.78, 5) is 4.72. The van der Waals surface area contributed by atoms with Crippen LogP contribution >= 0.6 is 0 Å². The van der Waals surface area contributed by atoms with Crippen molar-refractivity contribution in [2.75, 3.05) is 0 Å². The van der Waals surface area contributed by atoms with Crippen LogP contribution in [0, 0.1) is 5.92 Å².